The van der Waals surface area contributed by atoms with Crippen LogP contribution in [0.25, 0.3) is 0 Å². The van der Waals surface area contributed by atoms with Crippen molar-refractivity contribution in [2.24, 2.45) is 0 Å². The third kappa shape index (κ3) is 0.868. The smallest absolute Gasteiger partial charge is 0.176 e. The maximum atomic E-state index is 5.76. The molecule has 1 aromatic rings. The second-order valence-electron chi connectivity index (χ2n) is 2.34. The minimum absolute atomic E-state index is 0.155. The summed E-state index contributed by atoms with van der Waals surface area (Å²) in [7, 11) is 0. The van der Waals surface area contributed by atoms with Crippen molar-refractivity contribution in [2.75, 3.05) is 0 Å². The van der Waals surface area contributed by atoms with Gasteiger partial charge in [-0.25, -0.2) is 0 Å². The Bertz CT molecular complexity index is 222. The summed E-state index contributed by atoms with van der Waals surface area (Å²) in [6, 6.07) is 7.93. The maximum absolute atomic E-state index is 5.76. The third-order valence-corrected chi connectivity index (χ3v) is 1.85. The van der Waals surface area contributed by atoms with Gasteiger partial charge < -0.3 is 4.74 Å². The van der Waals surface area contributed by atoms with Crippen molar-refractivity contribution in [1.29, 1.82) is 0 Å². The van der Waals surface area contributed by atoms with Crippen molar-refractivity contribution < 1.29 is 4.74 Å². The van der Waals surface area contributed by atoms with Gasteiger partial charge in [0.05, 0.1) is 0 Å². The molecule has 0 aliphatic carbocycles. The lowest BCUT2D eigenvalue weighted by Crippen LogP contribution is -2.01. The molecule has 1 heterocycles. The summed E-state index contributed by atoms with van der Waals surface area (Å²) < 4.78 is 5.27. The van der Waals surface area contributed by atoms with Crippen LogP contribution in [0.2, 0.25) is 0 Å². The Morgan fingerprint density at radius 1 is 1.40 bits per heavy atom. The number of alkyl halides is 1. The van der Waals surface area contributed by atoms with Gasteiger partial charge in [-0.2, -0.15) is 0 Å². The molecular weight excluding hydrogens is 148 g/mol. The van der Waals surface area contributed by atoms with Crippen LogP contribution in [-0.4, -0.2) is 5.56 Å². The maximum Gasteiger partial charge on any atom is 0.176 e. The van der Waals surface area contributed by atoms with Crippen LogP contribution in [0.3, 0.4) is 0 Å². The fraction of sp³-hybridized carbons (Fsp3) is 0.250. The van der Waals surface area contributed by atoms with Crippen molar-refractivity contribution in [3.63, 3.8) is 0 Å². The first-order chi connectivity index (χ1) is 4.86. The van der Waals surface area contributed by atoms with E-state index in [9.17, 15) is 0 Å². The van der Waals surface area contributed by atoms with Crippen molar-refractivity contribution in [1.82, 2.24) is 0 Å². The molecule has 0 amide bonds. The quantitative estimate of drug-likeness (QED) is 0.521. The number of benzene rings is 1. The topological polar surface area (TPSA) is 9.23 Å². The van der Waals surface area contributed by atoms with E-state index < -0.39 is 0 Å². The van der Waals surface area contributed by atoms with Crippen LogP contribution in [-0.2, 0) is 6.42 Å². The van der Waals surface area contributed by atoms with E-state index in [2.05, 4.69) is 0 Å². The second-order valence-corrected chi connectivity index (χ2v) is 2.83. The number of fused-ring (bicyclic) bond motifs is 1. The van der Waals surface area contributed by atoms with Crippen molar-refractivity contribution in [3.8, 4) is 5.75 Å². The molecule has 52 valence electrons. The van der Waals surface area contributed by atoms with Gasteiger partial charge in [0.25, 0.3) is 0 Å². The Morgan fingerprint density at radius 3 is 3.00 bits per heavy atom. The molecule has 2 rings (SSSR count). The van der Waals surface area contributed by atoms with E-state index in [1.165, 1.54) is 5.56 Å². The molecule has 0 fully saturated rings. The molecule has 10 heavy (non-hydrogen) atoms. The highest BCUT2D eigenvalue weighted by Gasteiger charge is 2.18. The largest absolute Gasteiger partial charge is 0.474 e. The van der Waals surface area contributed by atoms with Gasteiger partial charge in [0.1, 0.15) is 5.75 Å². The summed E-state index contributed by atoms with van der Waals surface area (Å²) in [6.07, 6.45) is 0.831. The van der Waals surface area contributed by atoms with Crippen LogP contribution >= 0.6 is 11.6 Å². The van der Waals surface area contributed by atoms with Crippen LogP contribution in [0.4, 0.5) is 0 Å². The Hall–Kier alpha value is -0.690. The first-order valence-corrected chi connectivity index (χ1v) is 3.68. The fourth-order valence-corrected chi connectivity index (χ4v) is 1.40. The Labute approximate surface area is 64.6 Å². The summed E-state index contributed by atoms with van der Waals surface area (Å²) >= 11 is 5.76. The fourth-order valence-electron chi connectivity index (χ4n) is 1.14. The molecule has 0 spiro atoms. The first kappa shape index (κ1) is 6.05. The highest BCUT2D eigenvalue weighted by molar-refractivity contribution is 6.20. The molecule has 1 atom stereocenters. The van der Waals surface area contributed by atoms with E-state index in [-0.39, 0.29) is 5.56 Å². The summed E-state index contributed by atoms with van der Waals surface area (Å²) in [5, 5.41) is 0. The minimum atomic E-state index is -0.155. The number of ether oxygens (including phenoxy) is 1. The minimum Gasteiger partial charge on any atom is -0.474 e. The number of halogens is 1. The Balaban J connectivity index is 2.42. The molecule has 1 aliphatic heterocycles. The van der Waals surface area contributed by atoms with Gasteiger partial charge in [-0.05, 0) is 11.6 Å². The van der Waals surface area contributed by atoms with Gasteiger partial charge in [0.2, 0.25) is 0 Å². The molecule has 0 saturated heterocycles. The van der Waals surface area contributed by atoms with Crippen molar-refractivity contribution in [3.05, 3.63) is 29.8 Å². The lowest BCUT2D eigenvalue weighted by Gasteiger charge is -1.98. The summed E-state index contributed by atoms with van der Waals surface area (Å²) in [4.78, 5) is 0. The first-order valence-electron chi connectivity index (χ1n) is 3.25. The third-order valence-electron chi connectivity index (χ3n) is 1.61. The normalized spacial score (nSPS) is 21.9. The van der Waals surface area contributed by atoms with Gasteiger partial charge in [0, 0.05) is 6.42 Å². The average Bonchev–Trinajstić information content (AvgIpc) is 2.27. The van der Waals surface area contributed by atoms with E-state index in [1.54, 1.807) is 0 Å². The number of rotatable bonds is 0. The molecule has 0 aromatic heterocycles. The Morgan fingerprint density at radius 2 is 2.20 bits per heavy atom. The van der Waals surface area contributed by atoms with Crippen LogP contribution in [0.5, 0.6) is 5.75 Å². The Kier molecular flexibility index (Phi) is 1.31. The predicted octanol–water partition coefficient (Wildman–Crippen LogP) is 2.19. The zero-order valence-corrected chi connectivity index (χ0v) is 6.14. The van der Waals surface area contributed by atoms with Crippen LogP contribution in [0, 0.1) is 0 Å². The van der Waals surface area contributed by atoms with Gasteiger partial charge in [0.15, 0.2) is 5.56 Å². The van der Waals surface area contributed by atoms with E-state index in [0.717, 1.165) is 12.2 Å². The SMILES string of the molecule is ClC1Cc2ccccc2O1. The zero-order valence-electron chi connectivity index (χ0n) is 5.38. The van der Waals surface area contributed by atoms with E-state index >= 15 is 0 Å². The number of hydrogen-bond acceptors (Lipinski definition) is 1. The van der Waals surface area contributed by atoms with Gasteiger partial charge in [-0.1, -0.05) is 29.8 Å². The summed E-state index contributed by atoms with van der Waals surface area (Å²) in [5.41, 5.74) is 1.06. The van der Waals surface area contributed by atoms with E-state index in [0.29, 0.717) is 0 Å². The second kappa shape index (κ2) is 2.17. The molecule has 1 unspecified atom stereocenters. The molecule has 0 saturated carbocycles. The average molecular weight is 155 g/mol. The highest BCUT2D eigenvalue weighted by Crippen LogP contribution is 2.29. The van der Waals surface area contributed by atoms with E-state index in [1.807, 2.05) is 24.3 Å². The zero-order chi connectivity index (χ0) is 6.97. The molecule has 1 nitrogen and oxygen atoms in total. The summed E-state index contributed by atoms with van der Waals surface area (Å²) in [6.45, 7) is 0. The van der Waals surface area contributed by atoms with Crippen LogP contribution in [0.15, 0.2) is 24.3 Å². The number of para-hydroxylation sites is 1. The van der Waals surface area contributed by atoms with Gasteiger partial charge in [-0.15, -0.1) is 0 Å². The lowest BCUT2D eigenvalue weighted by molar-refractivity contribution is 0.316. The lowest BCUT2D eigenvalue weighted by atomic mass is 10.2. The molecule has 0 bridgehead atoms. The monoisotopic (exact) mass is 154 g/mol. The van der Waals surface area contributed by atoms with E-state index in [4.69, 9.17) is 16.3 Å². The molecule has 1 aromatic carbocycles. The van der Waals surface area contributed by atoms with Crippen molar-refractivity contribution in [2.45, 2.75) is 12.0 Å². The molecule has 0 N–H and O–H groups in total. The molecule has 0 radical (unpaired) electrons. The predicted molar refractivity (Wildman–Crippen MR) is 40.4 cm³/mol. The summed E-state index contributed by atoms with van der Waals surface area (Å²) in [5.74, 6) is 0.933. The van der Waals surface area contributed by atoms with Gasteiger partial charge in [-0.3, -0.25) is 0 Å². The number of hydrogen-bond donors (Lipinski definition) is 0. The standard InChI is InChI=1S/C8H7ClO/c9-8-5-6-3-1-2-4-7(6)10-8/h1-4,8H,5H2. The molecular formula is C8H7ClO. The van der Waals surface area contributed by atoms with Crippen LogP contribution in [0.1, 0.15) is 5.56 Å². The molecule has 2 heteroatoms. The van der Waals surface area contributed by atoms with Crippen LogP contribution < -0.4 is 4.74 Å². The highest BCUT2D eigenvalue weighted by atomic mass is 35.5. The van der Waals surface area contributed by atoms with Gasteiger partial charge >= 0.3 is 0 Å². The molecule has 1 aliphatic rings. The van der Waals surface area contributed by atoms with Crippen molar-refractivity contribution >= 4 is 11.6 Å².